The molecule has 0 spiro atoms. The number of benzene rings is 2. The summed E-state index contributed by atoms with van der Waals surface area (Å²) in [5.41, 5.74) is 0.172. The molecule has 0 saturated heterocycles. The molecule has 8 nitrogen and oxygen atoms in total. The van der Waals surface area contributed by atoms with Crippen molar-refractivity contribution in [2.24, 2.45) is 12.5 Å². The van der Waals surface area contributed by atoms with Gasteiger partial charge in [-0.1, -0.05) is 51.4 Å². The monoisotopic (exact) mass is 576 g/mol. The third kappa shape index (κ3) is 7.77. The number of sulfone groups is 1. The van der Waals surface area contributed by atoms with Crippen molar-refractivity contribution in [2.75, 3.05) is 12.3 Å². The molecule has 0 aliphatic rings. The van der Waals surface area contributed by atoms with Crippen LogP contribution in [0.5, 0.6) is 5.75 Å². The number of nitrogens with zero attached hydrogens (tertiary/aromatic N) is 1. The number of pyridine rings is 1. The van der Waals surface area contributed by atoms with Gasteiger partial charge in [-0.25, -0.2) is 17.6 Å². The Balaban J connectivity index is 2.22. The molecule has 1 N–H and O–H groups in total. The van der Waals surface area contributed by atoms with E-state index in [0.29, 0.717) is 12.1 Å². The van der Waals surface area contributed by atoms with Crippen molar-refractivity contribution in [1.82, 2.24) is 9.88 Å². The van der Waals surface area contributed by atoms with Gasteiger partial charge in [0.15, 0.2) is 15.6 Å². The lowest BCUT2D eigenvalue weighted by Crippen LogP contribution is -2.34. The first-order chi connectivity index (χ1) is 18.1. The van der Waals surface area contributed by atoms with Crippen LogP contribution in [-0.4, -0.2) is 37.2 Å². The normalized spacial score (nSPS) is 11.8. The van der Waals surface area contributed by atoms with Crippen LogP contribution in [0.3, 0.4) is 0 Å². The fourth-order valence-corrected chi connectivity index (χ4v) is 4.79. The summed E-state index contributed by atoms with van der Waals surface area (Å²) >= 11 is 6.16. The van der Waals surface area contributed by atoms with E-state index >= 15 is 0 Å². The first-order valence-electron chi connectivity index (χ1n) is 12.1. The number of aromatic nitrogens is 1. The van der Waals surface area contributed by atoms with Gasteiger partial charge in [-0.2, -0.15) is 0 Å². The van der Waals surface area contributed by atoms with Crippen LogP contribution in [0.15, 0.2) is 53.5 Å². The molecular weight excluding hydrogens is 547 g/mol. The van der Waals surface area contributed by atoms with Crippen molar-refractivity contribution in [3.8, 4) is 16.9 Å². The van der Waals surface area contributed by atoms with E-state index < -0.39 is 33.1 Å². The van der Waals surface area contributed by atoms with Crippen LogP contribution >= 0.6 is 11.6 Å². The second-order valence-corrected chi connectivity index (χ2v) is 13.1. The highest BCUT2D eigenvalue weighted by Gasteiger charge is 2.23. The van der Waals surface area contributed by atoms with Gasteiger partial charge in [0.05, 0.1) is 10.8 Å². The van der Waals surface area contributed by atoms with Gasteiger partial charge < -0.3 is 14.6 Å². The van der Waals surface area contributed by atoms with E-state index in [1.807, 2.05) is 20.8 Å². The number of carbonyl (C=O) groups is 2. The summed E-state index contributed by atoms with van der Waals surface area (Å²) in [5, 5.41) is 2.53. The Bertz CT molecular complexity index is 1590. The van der Waals surface area contributed by atoms with E-state index in [-0.39, 0.29) is 49.9 Å². The van der Waals surface area contributed by atoms with Crippen LogP contribution in [0.4, 0.5) is 9.18 Å². The van der Waals surface area contributed by atoms with Crippen molar-refractivity contribution in [1.29, 1.82) is 0 Å². The van der Waals surface area contributed by atoms with Gasteiger partial charge in [-0.15, -0.1) is 0 Å². The number of nitrogens with one attached hydrogen (secondary N) is 1. The minimum Gasteiger partial charge on any atom is -0.409 e. The summed E-state index contributed by atoms with van der Waals surface area (Å²) in [6.07, 6.45) is 0.587. The average molecular weight is 577 g/mol. The zero-order chi connectivity index (χ0) is 29.1. The molecule has 39 heavy (non-hydrogen) atoms. The maximum atomic E-state index is 13.7. The fourth-order valence-electron chi connectivity index (χ4n) is 3.65. The molecule has 1 aromatic heterocycles. The molecule has 0 aliphatic carbocycles. The van der Waals surface area contributed by atoms with E-state index in [0.717, 1.165) is 18.2 Å². The number of ketones is 1. The quantitative estimate of drug-likeness (QED) is 0.371. The van der Waals surface area contributed by atoms with Gasteiger partial charge in [-0.05, 0) is 40.8 Å². The highest BCUT2D eigenvalue weighted by molar-refractivity contribution is 7.90. The minimum absolute atomic E-state index is 0.0171. The molecule has 0 bridgehead atoms. The number of carbonyl (C=O) groups excluding carboxylic acids is 2. The van der Waals surface area contributed by atoms with E-state index in [2.05, 4.69) is 5.32 Å². The molecule has 11 heteroatoms. The molecule has 0 radical (unpaired) electrons. The van der Waals surface area contributed by atoms with Gasteiger partial charge in [-0.3, -0.25) is 9.59 Å². The van der Waals surface area contributed by atoms with E-state index in [9.17, 15) is 27.2 Å². The maximum absolute atomic E-state index is 13.7. The standard InChI is InChI=1S/C28H30ClFN2O6S/c1-6-39(36,37)15-17-7-9-19(26(34)20-10-8-18(30)12-23(20)29)21(11-17)22-14-32(5)25(33)13-24(22)38-27(35)31-16-28(2,3)4/h7-14H,6,15-16H2,1-5H3,(H,31,35). The smallest absolute Gasteiger partial charge is 0.409 e. The molecule has 0 atom stereocenters. The van der Waals surface area contributed by atoms with Crippen molar-refractivity contribution in [2.45, 2.75) is 33.4 Å². The SMILES string of the molecule is CCS(=O)(=O)Cc1ccc(C(=O)c2ccc(F)cc2Cl)c(-c2cn(C)c(=O)cc2OC(=O)NCC(C)(C)C)c1. The van der Waals surface area contributed by atoms with Crippen LogP contribution in [-0.2, 0) is 22.6 Å². The van der Waals surface area contributed by atoms with Gasteiger partial charge in [0.25, 0.3) is 5.56 Å². The molecule has 3 rings (SSSR count). The lowest BCUT2D eigenvalue weighted by molar-refractivity contribution is 0.103. The van der Waals surface area contributed by atoms with Crippen LogP contribution in [0.1, 0.15) is 49.2 Å². The zero-order valence-electron chi connectivity index (χ0n) is 22.3. The summed E-state index contributed by atoms with van der Waals surface area (Å²) in [6.45, 7) is 7.59. The molecule has 3 aromatic rings. The number of ether oxygens (including phenoxy) is 1. The van der Waals surface area contributed by atoms with Crippen LogP contribution < -0.4 is 15.6 Å². The average Bonchev–Trinajstić information content (AvgIpc) is 2.84. The first-order valence-corrected chi connectivity index (χ1v) is 14.3. The molecule has 208 valence electrons. The molecular formula is C28H30ClFN2O6S. The topological polar surface area (TPSA) is 112 Å². The van der Waals surface area contributed by atoms with E-state index in [4.69, 9.17) is 16.3 Å². The Morgan fingerprint density at radius 3 is 2.33 bits per heavy atom. The Labute approximate surface area is 231 Å². The number of hydrogen-bond acceptors (Lipinski definition) is 6. The largest absolute Gasteiger partial charge is 0.412 e. The van der Waals surface area contributed by atoms with Gasteiger partial charge >= 0.3 is 6.09 Å². The van der Waals surface area contributed by atoms with Gasteiger partial charge in [0.1, 0.15) is 11.6 Å². The lowest BCUT2D eigenvalue weighted by atomic mass is 9.92. The molecule has 0 unspecified atom stereocenters. The van der Waals surface area contributed by atoms with Crippen molar-refractivity contribution < 1.29 is 27.1 Å². The third-order valence-electron chi connectivity index (χ3n) is 5.78. The molecule has 0 saturated carbocycles. The summed E-state index contributed by atoms with van der Waals surface area (Å²) < 4.78 is 45.1. The first kappa shape index (κ1) is 30.0. The second kappa shape index (κ2) is 11.7. The summed E-state index contributed by atoms with van der Waals surface area (Å²) in [6, 6.07) is 8.90. The van der Waals surface area contributed by atoms with Crippen LogP contribution in [0, 0.1) is 11.2 Å². The highest BCUT2D eigenvalue weighted by atomic mass is 35.5. The van der Waals surface area contributed by atoms with Crippen molar-refractivity contribution in [3.63, 3.8) is 0 Å². The van der Waals surface area contributed by atoms with Crippen LogP contribution in [0.25, 0.3) is 11.1 Å². The molecule has 1 heterocycles. The number of hydrogen-bond donors (Lipinski definition) is 1. The predicted molar refractivity (Wildman–Crippen MR) is 149 cm³/mol. The van der Waals surface area contributed by atoms with E-state index in [1.54, 1.807) is 0 Å². The molecule has 0 fully saturated rings. The fraction of sp³-hybridized carbons (Fsp3) is 0.321. The third-order valence-corrected chi connectivity index (χ3v) is 7.74. The second-order valence-electron chi connectivity index (χ2n) is 10.3. The Hall–Kier alpha value is -3.50. The molecule has 0 aliphatic heterocycles. The summed E-state index contributed by atoms with van der Waals surface area (Å²) in [7, 11) is -1.95. The Morgan fingerprint density at radius 1 is 1.05 bits per heavy atom. The van der Waals surface area contributed by atoms with Gasteiger partial charge in [0.2, 0.25) is 0 Å². The predicted octanol–water partition coefficient (Wildman–Crippen LogP) is 5.15. The molecule has 2 aromatic carbocycles. The number of halogens is 2. The molecule has 1 amide bonds. The minimum atomic E-state index is -3.43. The number of rotatable bonds is 8. The lowest BCUT2D eigenvalue weighted by Gasteiger charge is -2.19. The van der Waals surface area contributed by atoms with Crippen molar-refractivity contribution >= 4 is 33.3 Å². The van der Waals surface area contributed by atoms with Gasteiger partial charge in [0, 0.05) is 48.3 Å². The van der Waals surface area contributed by atoms with Crippen molar-refractivity contribution in [3.05, 3.63) is 86.5 Å². The number of aryl methyl sites for hydroxylation is 1. The zero-order valence-corrected chi connectivity index (χ0v) is 23.9. The number of amides is 1. The summed E-state index contributed by atoms with van der Waals surface area (Å²) in [4.78, 5) is 38.7. The maximum Gasteiger partial charge on any atom is 0.412 e. The van der Waals surface area contributed by atoms with E-state index in [1.165, 1.54) is 49.0 Å². The summed E-state index contributed by atoms with van der Waals surface area (Å²) in [5.74, 6) is -1.70. The Morgan fingerprint density at radius 2 is 1.72 bits per heavy atom. The Kier molecular flexibility index (Phi) is 9.02. The highest BCUT2D eigenvalue weighted by Crippen LogP contribution is 2.35. The van der Waals surface area contributed by atoms with Crippen LogP contribution in [0.2, 0.25) is 5.02 Å².